The maximum absolute atomic E-state index is 13.3. The van der Waals surface area contributed by atoms with E-state index in [1.165, 1.54) is 0 Å². The summed E-state index contributed by atoms with van der Waals surface area (Å²) in [5.74, 6) is -0.946. The van der Waals surface area contributed by atoms with Gasteiger partial charge in [-0.25, -0.2) is 4.39 Å². The highest BCUT2D eigenvalue weighted by Crippen LogP contribution is 2.22. The maximum Gasteiger partial charge on any atom is 0.272 e. The first-order chi connectivity index (χ1) is 8.08. The van der Waals surface area contributed by atoms with Crippen molar-refractivity contribution in [1.29, 1.82) is 5.26 Å². The first-order valence-electron chi connectivity index (χ1n) is 4.72. The van der Waals surface area contributed by atoms with Crippen molar-refractivity contribution in [3.8, 4) is 11.8 Å². The highest BCUT2D eigenvalue weighted by Gasteiger charge is 2.13. The summed E-state index contributed by atoms with van der Waals surface area (Å²) in [5.41, 5.74) is -0.347. The molecule has 0 bridgehead atoms. The molecule has 0 heterocycles. The predicted molar refractivity (Wildman–Crippen MR) is 57.0 cm³/mol. The highest BCUT2D eigenvalue weighted by atomic mass is 19.1. The zero-order valence-corrected chi connectivity index (χ0v) is 9.01. The Morgan fingerprint density at radius 1 is 1.71 bits per heavy atom. The number of benzene rings is 1. The standard InChI is InChI=1S/C10H10FN3O3/c1-13-7(5-12)6-17-10-3-2-8(14(15)16)4-9(10)11/h2-4,7,13H,6H2,1H3. The lowest BCUT2D eigenvalue weighted by atomic mass is 10.3. The van der Waals surface area contributed by atoms with Crippen LogP contribution in [0.25, 0.3) is 0 Å². The summed E-state index contributed by atoms with van der Waals surface area (Å²) in [4.78, 5) is 9.67. The van der Waals surface area contributed by atoms with Gasteiger partial charge in [0.2, 0.25) is 0 Å². The molecule has 0 saturated carbocycles. The van der Waals surface area contributed by atoms with Gasteiger partial charge in [-0.1, -0.05) is 0 Å². The molecule has 0 saturated heterocycles. The van der Waals surface area contributed by atoms with E-state index in [0.717, 1.165) is 18.2 Å². The van der Waals surface area contributed by atoms with Crippen LogP contribution >= 0.6 is 0 Å². The summed E-state index contributed by atoms with van der Waals surface area (Å²) >= 11 is 0. The van der Waals surface area contributed by atoms with Crippen LogP contribution in [0.15, 0.2) is 18.2 Å². The molecule has 6 nitrogen and oxygen atoms in total. The van der Waals surface area contributed by atoms with Crippen molar-refractivity contribution in [3.05, 3.63) is 34.1 Å². The van der Waals surface area contributed by atoms with Crippen molar-refractivity contribution >= 4 is 5.69 Å². The van der Waals surface area contributed by atoms with Crippen LogP contribution in [-0.4, -0.2) is 24.6 Å². The van der Waals surface area contributed by atoms with Crippen molar-refractivity contribution < 1.29 is 14.1 Å². The zero-order valence-electron chi connectivity index (χ0n) is 9.01. The smallest absolute Gasteiger partial charge is 0.272 e. The van der Waals surface area contributed by atoms with Gasteiger partial charge in [0.25, 0.3) is 5.69 Å². The quantitative estimate of drug-likeness (QED) is 0.616. The number of nitro groups is 1. The number of hydrogen-bond acceptors (Lipinski definition) is 5. The third-order valence-corrected chi connectivity index (χ3v) is 2.04. The molecule has 0 amide bonds. The van der Waals surface area contributed by atoms with Crippen LogP contribution in [-0.2, 0) is 0 Å². The lowest BCUT2D eigenvalue weighted by Gasteiger charge is -2.10. The third kappa shape index (κ3) is 3.39. The van der Waals surface area contributed by atoms with Gasteiger partial charge in [-0.3, -0.25) is 10.1 Å². The molecule has 90 valence electrons. The molecular weight excluding hydrogens is 229 g/mol. The second kappa shape index (κ2) is 5.77. The normalized spacial score (nSPS) is 11.6. The molecular formula is C10H10FN3O3. The van der Waals surface area contributed by atoms with Crippen LogP contribution in [0.1, 0.15) is 0 Å². The number of nitrogens with one attached hydrogen (secondary N) is 1. The topological polar surface area (TPSA) is 88.2 Å². The fourth-order valence-electron chi connectivity index (χ4n) is 1.08. The molecule has 1 unspecified atom stereocenters. The van der Waals surface area contributed by atoms with E-state index in [-0.39, 0.29) is 18.0 Å². The van der Waals surface area contributed by atoms with Crippen molar-refractivity contribution in [3.63, 3.8) is 0 Å². The summed E-state index contributed by atoms with van der Waals surface area (Å²) < 4.78 is 18.4. The Hall–Kier alpha value is -2.20. The Labute approximate surface area is 96.8 Å². The minimum Gasteiger partial charge on any atom is -0.488 e. The van der Waals surface area contributed by atoms with Crippen molar-refractivity contribution in [1.82, 2.24) is 5.32 Å². The summed E-state index contributed by atoms with van der Waals surface area (Å²) in [6.07, 6.45) is 0. The first kappa shape index (κ1) is 12.9. The monoisotopic (exact) mass is 239 g/mol. The number of nitriles is 1. The van der Waals surface area contributed by atoms with E-state index in [1.54, 1.807) is 7.05 Å². The Morgan fingerprint density at radius 3 is 2.88 bits per heavy atom. The Balaban J connectivity index is 2.73. The SMILES string of the molecule is CNC(C#N)COc1ccc([N+](=O)[O-])cc1F. The molecule has 0 aliphatic rings. The number of ether oxygens (including phenoxy) is 1. The number of non-ortho nitro benzene ring substituents is 1. The van der Waals surface area contributed by atoms with Crippen LogP contribution in [0, 0.1) is 27.3 Å². The van der Waals surface area contributed by atoms with Gasteiger partial charge in [0.15, 0.2) is 11.6 Å². The van der Waals surface area contributed by atoms with Crippen LogP contribution in [0.4, 0.5) is 10.1 Å². The molecule has 17 heavy (non-hydrogen) atoms. The van der Waals surface area contributed by atoms with E-state index in [0.29, 0.717) is 0 Å². The molecule has 1 aromatic carbocycles. The number of hydrogen-bond donors (Lipinski definition) is 1. The number of likely N-dealkylation sites (N-methyl/N-ethyl adjacent to an activating group) is 1. The lowest BCUT2D eigenvalue weighted by molar-refractivity contribution is -0.385. The molecule has 1 aromatic rings. The van der Waals surface area contributed by atoms with Gasteiger partial charge in [-0.15, -0.1) is 0 Å². The second-order valence-corrected chi connectivity index (χ2v) is 3.15. The average Bonchev–Trinajstić information content (AvgIpc) is 2.31. The number of nitrogens with zero attached hydrogens (tertiary/aromatic N) is 2. The minimum atomic E-state index is -0.827. The van der Waals surface area contributed by atoms with Crippen LogP contribution < -0.4 is 10.1 Å². The molecule has 0 aromatic heterocycles. The van der Waals surface area contributed by atoms with E-state index in [4.69, 9.17) is 10.00 Å². The molecule has 0 aliphatic carbocycles. The molecule has 0 radical (unpaired) electrons. The van der Waals surface area contributed by atoms with Gasteiger partial charge < -0.3 is 10.1 Å². The summed E-state index contributed by atoms with van der Waals surface area (Å²) in [6.45, 7) is -0.0399. The van der Waals surface area contributed by atoms with E-state index in [2.05, 4.69) is 5.32 Å². The highest BCUT2D eigenvalue weighted by molar-refractivity contribution is 5.37. The number of nitro benzene ring substituents is 1. The van der Waals surface area contributed by atoms with Crippen molar-refractivity contribution in [2.24, 2.45) is 0 Å². The molecule has 1 rings (SSSR count). The second-order valence-electron chi connectivity index (χ2n) is 3.15. The fraction of sp³-hybridized carbons (Fsp3) is 0.300. The molecule has 0 fully saturated rings. The Kier molecular flexibility index (Phi) is 4.37. The summed E-state index contributed by atoms with van der Waals surface area (Å²) in [5, 5.41) is 21.6. The van der Waals surface area contributed by atoms with Crippen molar-refractivity contribution in [2.45, 2.75) is 6.04 Å². The van der Waals surface area contributed by atoms with E-state index in [1.807, 2.05) is 6.07 Å². The van der Waals surface area contributed by atoms with E-state index in [9.17, 15) is 14.5 Å². The number of halogens is 1. The number of rotatable bonds is 5. The largest absolute Gasteiger partial charge is 0.488 e. The van der Waals surface area contributed by atoms with Crippen LogP contribution in [0.3, 0.4) is 0 Å². The molecule has 0 spiro atoms. The van der Waals surface area contributed by atoms with E-state index >= 15 is 0 Å². The maximum atomic E-state index is 13.3. The van der Waals surface area contributed by atoms with Gasteiger partial charge in [0.05, 0.1) is 17.1 Å². The minimum absolute atomic E-state index is 0.0399. The van der Waals surface area contributed by atoms with Gasteiger partial charge in [-0.2, -0.15) is 5.26 Å². The van der Waals surface area contributed by atoms with Crippen LogP contribution in [0.5, 0.6) is 5.75 Å². The summed E-state index contributed by atoms with van der Waals surface area (Å²) in [6, 6.07) is 4.42. The van der Waals surface area contributed by atoms with Gasteiger partial charge >= 0.3 is 0 Å². The predicted octanol–water partition coefficient (Wildman–Crippen LogP) is 1.22. The average molecular weight is 239 g/mol. The molecule has 1 N–H and O–H groups in total. The summed E-state index contributed by atoms with van der Waals surface area (Å²) in [7, 11) is 1.57. The Bertz CT molecular complexity index is 459. The Morgan fingerprint density at radius 2 is 2.41 bits per heavy atom. The van der Waals surface area contributed by atoms with Crippen molar-refractivity contribution in [2.75, 3.05) is 13.7 Å². The van der Waals surface area contributed by atoms with Gasteiger partial charge in [0, 0.05) is 6.07 Å². The third-order valence-electron chi connectivity index (χ3n) is 2.04. The van der Waals surface area contributed by atoms with Gasteiger partial charge in [0.1, 0.15) is 12.6 Å². The zero-order chi connectivity index (χ0) is 12.8. The molecule has 7 heteroatoms. The van der Waals surface area contributed by atoms with E-state index < -0.39 is 16.8 Å². The molecule has 1 atom stereocenters. The lowest BCUT2D eigenvalue weighted by Crippen LogP contribution is -2.30. The van der Waals surface area contributed by atoms with Crippen LogP contribution in [0.2, 0.25) is 0 Å². The molecule has 0 aliphatic heterocycles. The fourth-order valence-corrected chi connectivity index (χ4v) is 1.08. The first-order valence-corrected chi connectivity index (χ1v) is 4.72. The van der Waals surface area contributed by atoms with Gasteiger partial charge in [-0.05, 0) is 13.1 Å².